The Morgan fingerprint density at radius 3 is 2.46 bits per heavy atom. The lowest BCUT2D eigenvalue weighted by Gasteiger charge is -2.07. The van der Waals surface area contributed by atoms with Crippen LogP contribution in [0.2, 0.25) is 0 Å². The van der Waals surface area contributed by atoms with Gasteiger partial charge in [-0.1, -0.05) is 29.8 Å². The van der Waals surface area contributed by atoms with Crippen molar-refractivity contribution in [1.29, 1.82) is 0 Å². The van der Waals surface area contributed by atoms with E-state index in [-0.39, 0.29) is 17.9 Å². The number of aryl methyl sites for hydroxylation is 1. The number of rotatable bonds is 7. The molecule has 0 saturated carbocycles. The number of hydrogen-bond donors (Lipinski definition) is 2. The van der Waals surface area contributed by atoms with Gasteiger partial charge >= 0.3 is 0 Å². The largest absolute Gasteiger partial charge is 0.352 e. The molecule has 1 aromatic carbocycles. The molecule has 2 N–H and O–H groups in total. The lowest BCUT2D eigenvalue weighted by Crippen LogP contribution is -2.34. The van der Waals surface area contributed by atoms with E-state index >= 15 is 0 Å². The third-order valence-electron chi connectivity index (χ3n) is 3.24. The molecule has 0 spiro atoms. The molecule has 2 aromatic rings. The predicted octanol–water partition coefficient (Wildman–Crippen LogP) is 1.82. The topological polar surface area (TPSA) is 92.3 Å². The summed E-state index contributed by atoms with van der Waals surface area (Å²) in [6.07, 6.45) is -0.210. The van der Waals surface area contributed by atoms with Crippen molar-refractivity contribution in [2.75, 3.05) is 5.75 Å². The predicted molar refractivity (Wildman–Crippen MR) is 93.2 cm³/mol. The van der Waals surface area contributed by atoms with Gasteiger partial charge in [0.25, 0.3) is 5.91 Å². The first-order valence-corrected chi connectivity index (χ1v) is 9.84. The molecule has 0 aliphatic rings. The summed E-state index contributed by atoms with van der Waals surface area (Å²) in [4.78, 5) is 23.5. The zero-order valence-electron chi connectivity index (χ0n) is 13.1. The second kappa shape index (κ2) is 8.07. The van der Waals surface area contributed by atoms with Crippen molar-refractivity contribution in [1.82, 2.24) is 10.0 Å². The van der Waals surface area contributed by atoms with Crippen molar-refractivity contribution in [3.63, 3.8) is 0 Å². The Morgan fingerprint density at radius 1 is 1.12 bits per heavy atom. The highest BCUT2D eigenvalue weighted by Crippen LogP contribution is 2.06. The van der Waals surface area contributed by atoms with Gasteiger partial charge < -0.3 is 5.32 Å². The Bertz CT molecular complexity index is 797. The van der Waals surface area contributed by atoms with Crippen molar-refractivity contribution in [3.8, 4) is 0 Å². The van der Waals surface area contributed by atoms with Gasteiger partial charge in [0, 0.05) is 18.3 Å². The van der Waals surface area contributed by atoms with Crippen LogP contribution in [0.5, 0.6) is 0 Å². The molecular formula is C16H18N2O4S2. The van der Waals surface area contributed by atoms with Crippen LogP contribution in [-0.4, -0.2) is 26.0 Å². The molecule has 0 atom stereocenters. The number of amides is 2. The van der Waals surface area contributed by atoms with E-state index in [1.165, 1.54) is 17.4 Å². The van der Waals surface area contributed by atoms with Crippen LogP contribution in [0.4, 0.5) is 0 Å². The average Bonchev–Trinajstić information content (AvgIpc) is 3.07. The number of hydrogen-bond acceptors (Lipinski definition) is 5. The standard InChI is InChI=1S/C16H18N2O4S2/c1-12-2-4-13(5-3-12)10-17-15(19)7-9-24(21,22)18-16(20)14-6-8-23-11-14/h2-6,8,11H,7,9-10H2,1H3,(H,17,19)(H,18,20). The van der Waals surface area contributed by atoms with Crippen molar-refractivity contribution < 1.29 is 18.0 Å². The van der Waals surface area contributed by atoms with Crippen LogP contribution in [0.3, 0.4) is 0 Å². The maximum absolute atomic E-state index is 11.8. The summed E-state index contributed by atoms with van der Waals surface area (Å²) in [5.74, 6) is -1.51. The molecule has 6 nitrogen and oxygen atoms in total. The molecule has 1 heterocycles. The number of carbonyl (C=O) groups excluding carboxylic acids is 2. The zero-order valence-corrected chi connectivity index (χ0v) is 14.7. The SMILES string of the molecule is Cc1ccc(CNC(=O)CCS(=O)(=O)NC(=O)c2ccsc2)cc1. The minimum atomic E-state index is -3.85. The molecule has 2 amide bonds. The Morgan fingerprint density at radius 2 is 1.83 bits per heavy atom. The van der Waals surface area contributed by atoms with Gasteiger partial charge in [0.15, 0.2) is 0 Å². The lowest BCUT2D eigenvalue weighted by molar-refractivity contribution is -0.120. The van der Waals surface area contributed by atoms with E-state index in [1.54, 1.807) is 10.8 Å². The normalized spacial score (nSPS) is 11.0. The van der Waals surface area contributed by atoms with E-state index in [9.17, 15) is 18.0 Å². The van der Waals surface area contributed by atoms with Crippen LogP contribution in [0, 0.1) is 6.92 Å². The first kappa shape index (κ1) is 18.2. The van der Waals surface area contributed by atoms with Gasteiger partial charge in [0.05, 0.1) is 11.3 Å². The van der Waals surface area contributed by atoms with Crippen LogP contribution in [0.1, 0.15) is 27.9 Å². The lowest BCUT2D eigenvalue weighted by atomic mass is 10.1. The summed E-state index contributed by atoms with van der Waals surface area (Å²) in [5.41, 5.74) is 2.34. The summed E-state index contributed by atoms with van der Waals surface area (Å²) in [5, 5.41) is 5.89. The highest BCUT2D eigenvalue weighted by Gasteiger charge is 2.17. The van der Waals surface area contributed by atoms with E-state index in [4.69, 9.17) is 0 Å². The first-order chi connectivity index (χ1) is 11.4. The third kappa shape index (κ3) is 5.78. The molecule has 0 bridgehead atoms. The van der Waals surface area contributed by atoms with Gasteiger partial charge in [-0.2, -0.15) is 11.3 Å². The maximum atomic E-state index is 11.8. The summed E-state index contributed by atoms with van der Waals surface area (Å²) < 4.78 is 25.6. The fourth-order valence-corrected chi connectivity index (χ4v) is 3.46. The average molecular weight is 366 g/mol. The summed E-state index contributed by atoms with van der Waals surface area (Å²) in [6, 6.07) is 9.20. The molecule has 0 aliphatic carbocycles. The first-order valence-electron chi connectivity index (χ1n) is 7.25. The van der Waals surface area contributed by atoms with Gasteiger partial charge in [0.1, 0.15) is 0 Å². The van der Waals surface area contributed by atoms with Crippen molar-refractivity contribution in [2.45, 2.75) is 19.9 Å². The van der Waals surface area contributed by atoms with E-state index in [2.05, 4.69) is 5.32 Å². The third-order valence-corrected chi connectivity index (χ3v) is 5.16. The van der Waals surface area contributed by atoms with Crippen molar-refractivity contribution in [3.05, 3.63) is 57.8 Å². The fourth-order valence-electron chi connectivity index (χ4n) is 1.87. The number of carbonyl (C=O) groups is 2. The molecule has 0 radical (unpaired) electrons. The molecule has 0 saturated heterocycles. The van der Waals surface area contributed by atoms with E-state index in [1.807, 2.05) is 35.9 Å². The fraction of sp³-hybridized carbons (Fsp3) is 0.250. The van der Waals surface area contributed by atoms with Crippen molar-refractivity contribution in [2.24, 2.45) is 0 Å². The Balaban J connectivity index is 1.77. The Labute approximate surface area is 145 Å². The number of benzene rings is 1. The molecule has 128 valence electrons. The van der Waals surface area contributed by atoms with Gasteiger partial charge in [0.2, 0.25) is 15.9 Å². The molecule has 2 rings (SSSR count). The minimum Gasteiger partial charge on any atom is -0.352 e. The zero-order chi connectivity index (χ0) is 17.6. The molecule has 1 aromatic heterocycles. The van der Waals surface area contributed by atoms with Crippen LogP contribution < -0.4 is 10.0 Å². The number of nitrogens with one attached hydrogen (secondary N) is 2. The maximum Gasteiger partial charge on any atom is 0.265 e. The molecular weight excluding hydrogens is 348 g/mol. The Kier molecular flexibility index (Phi) is 6.10. The van der Waals surface area contributed by atoms with Crippen LogP contribution in [0.15, 0.2) is 41.1 Å². The minimum absolute atomic E-state index is 0.210. The summed E-state index contributed by atoms with van der Waals surface area (Å²) >= 11 is 1.30. The highest BCUT2D eigenvalue weighted by atomic mass is 32.2. The molecule has 24 heavy (non-hydrogen) atoms. The van der Waals surface area contributed by atoms with Gasteiger partial charge in [-0.3, -0.25) is 9.59 Å². The second-order valence-electron chi connectivity index (χ2n) is 5.27. The number of sulfonamides is 1. The molecule has 0 aliphatic heterocycles. The Hall–Kier alpha value is -2.19. The molecule has 8 heteroatoms. The number of thiophene rings is 1. The molecule has 0 unspecified atom stereocenters. The van der Waals surface area contributed by atoms with Crippen LogP contribution >= 0.6 is 11.3 Å². The van der Waals surface area contributed by atoms with E-state index in [0.717, 1.165) is 11.1 Å². The molecule has 0 fully saturated rings. The van der Waals surface area contributed by atoms with Gasteiger partial charge in [-0.05, 0) is 23.9 Å². The quantitative estimate of drug-likeness (QED) is 0.782. The van der Waals surface area contributed by atoms with Crippen LogP contribution in [-0.2, 0) is 21.4 Å². The summed E-state index contributed by atoms with van der Waals surface area (Å²) in [6.45, 7) is 2.30. The van der Waals surface area contributed by atoms with E-state index in [0.29, 0.717) is 6.54 Å². The monoisotopic (exact) mass is 366 g/mol. The van der Waals surface area contributed by atoms with Gasteiger partial charge in [-0.15, -0.1) is 0 Å². The second-order valence-corrected chi connectivity index (χ2v) is 7.90. The van der Waals surface area contributed by atoms with Gasteiger partial charge in [-0.25, -0.2) is 13.1 Å². The van der Waals surface area contributed by atoms with Crippen molar-refractivity contribution >= 4 is 33.2 Å². The van der Waals surface area contributed by atoms with Crippen LogP contribution in [0.25, 0.3) is 0 Å². The smallest absolute Gasteiger partial charge is 0.265 e. The summed E-state index contributed by atoms with van der Waals surface area (Å²) in [7, 11) is -3.85. The van der Waals surface area contributed by atoms with E-state index < -0.39 is 21.7 Å². The highest BCUT2D eigenvalue weighted by molar-refractivity contribution is 7.90.